The Morgan fingerprint density at radius 1 is 1.19 bits per heavy atom. The van der Waals surface area contributed by atoms with Gasteiger partial charge in [-0.3, -0.25) is 4.79 Å². The van der Waals surface area contributed by atoms with Gasteiger partial charge in [-0.15, -0.1) is 0 Å². The minimum atomic E-state index is -4.35. The molecule has 7 nitrogen and oxygen atoms in total. The van der Waals surface area contributed by atoms with Gasteiger partial charge in [0.15, 0.2) is 18.1 Å². The first-order valence-corrected chi connectivity index (χ1v) is 13.6. The number of nitrogens with zero attached hydrogens (tertiary/aromatic N) is 3. The molecule has 2 aliphatic rings. The Bertz CT molecular complexity index is 1210. The topological polar surface area (TPSA) is 80.5 Å². The lowest BCUT2D eigenvalue weighted by molar-refractivity contribution is -0.153. The van der Waals surface area contributed by atoms with Crippen LogP contribution in [0.1, 0.15) is 58.9 Å². The smallest absolute Gasteiger partial charge is 0.422 e. The van der Waals surface area contributed by atoms with E-state index in [1.165, 1.54) is 11.3 Å². The number of fused-ring (bicyclic) bond motifs is 2. The van der Waals surface area contributed by atoms with E-state index in [9.17, 15) is 18.0 Å². The van der Waals surface area contributed by atoms with Crippen LogP contribution < -0.4 is 10.1 Å². The van der Waals surface area contributed by atoms with Crippen molar-refractivity contribution in [1.29, 1.82) is 0 Å². The predicted molar refractivity (Wildman–Crippen MR) is 134 cm³/mol. The summed E-state index contributed by atoms with van der Waals surface area (Å²) in [7, 11) is 0. The minimum absolute atomic E-state index is 0.0661. The molecule has 0 bridgehead atoms. The maximum atomic E-state index is 12.7. The third kappa shape index (κ3) is 6.81. The Balaban J connectivity index is 1.03. The second-order valence-electron chi connectivity index (χ2n) is 9.99. The average molecular weight is 537 g/mol. The van der Waals surface area contributed by atoms with E-state index in [2.05, 4.69) is 20.2 Å². The Morgan fingerprint density at radius 2 is 1.97 bits per heavy atom. The molecule has 1 fully saturated rings. The van der Waals surface area contributed by atoms with Crippen molar-refractivity contribution in [3.05, 3.63) is 40.2 Å². The van der Waals surface area contributed by atoms with Gasteiger partial charge in [-0.05, 0) is 69.2 Å². The van der Waals surface area contributed by atoms with Crippen molar-refractivity contribution in [3.8, 4) is 5.19 Å². The average Bonchev–Trinajstić information content (AvgIpc) is 3.38. The highest BCUT2D eigenvalue weighted by atomic mass is 32.1. The second-order valence-corrected chi connectivity index (χ2v) is 11.0. The van der Waals surface area contributed by atoms with Crippen LogP contribution in [0.25, 0.3) is 11.1 Å². The summed E-state index contributed by atoms with van der Waals surface area (Å²) in [6.45, 7) is 3.24. The number of carbonyl (C=O) groups is 1. The first-order valence-electron chi connectivity index (χ1n) is 12.8. The molecule has 2 aromatic heterocycles. The summed E-state index contributed by atoms with van der Waals surface area (Å²) < 4.78 is 47.5. The van der Waals surface area contributed by atoms with Crippen molar-refractivity contribution >= 4 is 28.3 Å². The summed E-state index contributed by atoms with van der Waals surface area (Å²) in [6.07, 6.45) is 2.43. The Labute approximate surface area is 217 Å². The van der Waals surface area contributed by atoms with Gasteiger partial charge >= 0.3 is 6.18 Å². The molecule has 1 amide bonds. The van der Waals surface area contributed by atoms with Crippen LogP contribution in [0.4, 0.5) is 13.2 Å². The summed E-state index contributed by atoms with van der Waals surface area (Å²) >= 11 is 1.24. The zero-order valence-corrected chi connectivity index (χ0v) is 21.6. The number of ether oxygens (including phenoxy) is 1. The lowest BCUT2D eigenvalue weighted by Crippen LogP contribution is -2.38. The highest BCUT2D eigenvalue weighted by molar-refractivity contribution is 7.13. The molecule has 0 saturated heterocycles. The molecule has 200 valence electrons. The van der Waals surface area contributed by atoms with Crippen molar-refractivity contribution in [2.75, 3.05) is 26.2 Å². The van der Waals surface area contributed by atoms with Crippen molar-refractivity contribution in [2.45, 2.75) is 64.1 Å². The predicted octanol–water partition coefficient (Wildman–Crippen LogP) is 5.31. The molecule has 0 radical (unpaired) electrons. The van der Waals surface area contributed by atoms with Gasteiger partial charge in [0.05, 0.1) is 5.69 Å². The fourth-order valence-electron chi connectivity index (χ4n) is 5.23. The maximum absolute atomic E-state index is 12.7. The van der Waals surface area contributed by atoms with E-state index >= 15 is 0 Å². The first-order chi connectivity index (χ1) is 17.7. The Kier molecular flexibility index (Phi) is 7.71. The highest BCUT2D eigenvalue weighted by Crippen LogP contribution is 2.31. The summed E-state index contributed by atoms with van der Waals surface area (Å²) in [5, 5.41) is 3.30. The lowest BCUT2D eigenvalue weighted by atomic mass is 9.84. The third-order valence-electron chi connectivity index (χ3n) is 7.23. The van der Waals surface area contributed by atoms with E-state index < -0.39 is 12.8 Å². The molecule has 0 unspecified atom stereocenters. The number of alkyl halides is 3. The van der Waals surface area contributed by atoms with Gasteiger partial charge in [-0.2, -0.15) is 13.2 Å². The zero-order chi connectivity index (χ0) is 26.0. The van der Waals surface area contributed by atoms with Gasteiger partial charge in [0.1, 0.15) is 5.52 Å². The second kappa shape index (κ2) is 11.0. The van der Waals surface area contributed by atoms with Crippen LogP contribution in [0.2, 0.25) is 0 Å². The van der Waals surface area contributed by atoms with E-state index in [1.54, 1.807) is 25.1 Å². The minimum Gasteiger partial charge on any atom is -0.460 e. The van der Waals surface area contributed by atoms with E-state index in [-0.39, 0.29) is 17.1 Å². The number of rotatable bonds is 7. The number of carbonyl (C=O) groups excluding carboxylic acids is 1. The zero-order valence-electron chi connectivity index (χ0n) is 20.8. The SMILES string of the molecule is Cc1nc2cc(C(=O)NC3CCC(CCN4CCc5nc(OCC(F)(F)F)sc5CC4)CC3)ccc2o1. The summed E-state index contributed by atoms with van der Waals surface area (Å²) in [5.41, 5.74) is 2.86. The quantitative estimate of drug-likeness (QED) is 0.441. The van der Waals surface area contributed by atoms with Crippen molar-refractivity contribution in [3.63, 3.8) is 0 Å². The monoisotopic (exact) mass is 536 g/mol. The molecule has 11 heteroatoms. The number of nitrogens with one attached hydrogen (secondary N) is 1. The standard InChI is InChI=1S/C26H31F3N4O3S/c1-16-30-21-14-18(4-7-22(21)36-16)24(34)31-19-5-2-17(3-6-19)8-11-33-12-9-20-23(10-13-33)37-25(32-20)35-15-26(27,28)29/h4,7,14,17,19H,2-3,5-6,8-13,15H2,1H3,(H,31,34). The number of aromatic nitrogens is 2. The molecule has 37 heavy (non-hydrogen) atoms. The normalized spacial score (nSPS) is 21.0. The lowest BCUT2D eigenvalue weighted by Gasteiger charge is -2.30. The van der Waals surface area contributed by atoms with Gasteiger partial charge in [0.2, 0.25) is 0 Å². The molecule has 0 atom stereocenters. The Hall–Kier alpha value is -2.66. The fraction of sp³-hybridized carbons (Fsp3) is 0.577. The van der Waals surface area contributed by atoms with Crippen LogP contribution in [0.15, 0.2) is 22.6 Å². The third-order valence-corrected chi connectivity index (χ3v) is 8.30. The molecule has 1 aromatic carbocycles. The molecular weight excluding hydrogens is 505 g/mol. The molecule has 1 aliphatic carbocycles. The van der Waals surface area contributed by atoms with Crippen LogP contribution in [0.5, 0.6) is 5.19 Å². The van der Waals surface area contributed by atoms with Crippen LogP contribution >= 0.6 is 11.3 Å². The van der Waals surface area contributed by atoms with Crippen LogP contribution in [-0.4, -0.2) is 59.2 Å². The number of aryl methyl sites for hydroxylation is 1. The van der Waals surface area contributed by atoms with Crippen molar-refractivity contribution in [1.82, 2.24) is 20.2 Å². The summed E-state index contributed by atoms with van der Waals surface area (Å²) in [5.74, 6) is 1.16. The number of thiazole rings is 1. The van der Waals surface area contributed by atoms with Gasteiger partial charge in [0, 0.05) is 42.9 Å². The summed E-state index contributed by atoms with van der Waals surface area (Å²) in [4.78, 5) is 24.8. The van der Waals surface area contributed by atoms with Crippen LogP contribution in [0.3, 0.4) is 0 Å². The van der Waals surface area contributed by atoms with E-state index in [0.29, 0.717) is 28.5 Å². The van der Waals surface area contributed by atoms with Gasteiger partial charge < -0.3 is 19.4 Å². The van der Waals surface area contributed by atoms with Crippen LogP contribution in [-0.2, 0) is 12.8 Å². The number of oxazole rings is 1. The highest BCUT2D eigenvalue weighted by Gasteiger charge is 2.30. The molecule has 1 aliphatic heterocycles. The van der Waals surface area contributed by atoms with E-state index in [4.69, 9.17) is 9.15 Å². The first kappa shape index (κ1) is 26.0. The van der Waals surface area contributed by atoms with Gasteiger partial charge in [-0.1, -0.05) is 11.3 Å². The molecule has 0 spiro atoms. The molecule has 1 N–H and O–H groups in total. The number of hydrogen-bond acceptors (Lipinski definition) is 7. The molecule has 5 rings (SSSR count). The Morgan fingerprint density at radius 3 is 2.76 bits per heavy atom. The largest absolute Gasteiger partial charge is 0.460 e. The molecule has 3 aromatic rings. The van der Waals surface area contributed by atoms with Gasteiger partial charge in [0.25, 0.3) is 11.1 Å². The number of amides is 1. The number of hydrogen-bond donors (Lipinski definition) is 1. The van der Waals surface area contributed by atoms with E-state index in [0.717, 1.165) is 75.2 Å². The van der Waals surface area contributed by atoms with Crippen molar-refractivity contribution < 1.29 is 27.1 Å². The maximum Gasteiger partial charge on any atom is 0.422 e. The fourth-order valence-corrected chi connectivity index (χ4v) is 6.17. The molecule has 3 heterocycles. The van der Waals surface area contributed by atoms with E-state index in [1.807, 2.05) is 0 Å². The summed E-state index contributed by atoms with van der Waals surface area (Å²) in [6, 6.07) is 5.53. The number of halogens is 3. The van der Waals surface area contributed by atoms with Gasteiger partial charge in [-0.25, -0.2) is 9.97 Å². The molecule has 1 saturated carbocycles. The number of benzene rings is 1. The molecular formula is C26H31F3N4O3S. The van der Waals surface area contributed by atoms with Crippen molar-refractivity contribution in [2.24, 2.45) is 5.92 Å². The van der Waals surface area contributed by atoms with Crippen LogP contribution in [0, 0.1) is 12.8 Å².